The van der Waals surface area contributed by atoms with Gasteiger partial charge >= 0.3 is 6.18 Å². The van der Waals surface area contributed by atoms with Crippen LogP contribution in [0, 0.1) is 0 Å². The highest BCUT2D eigenvalue weighted by Gasteiger charge is 2.35. The van der Waals surface area contributed by atoms with E-state index in [2.05, 4.69) is 5.32 Å². The van der Waals surface area contributed by atoms with E-state index in [1.807, 2.05) is 29.9 Å². The molecular weight excluding hydrogens is 367 g/mol. The normalized spacial score (nSPS) is 20.3. The van der Waals surface area contributed by atoms with Crippen LogP contribution in [-0.2, 0) is 18.0 Å². The first-order valence-corrected chi connectivity index (χ1v) is 8.76. The number of rotatable bonds is 4. The van der Waals surface area contributed by atoms with E-state index in [0.29, 0.717) is 0 Å². The molecule has 8 heteroatoms. The van der Waals surface area contributed by atoms with E-state index in [0.717, 1.165) is 42.1 Å². The van der Waals surface area contributed by atoms with Gasteiger partial charge in [0.15, 0.2) is 6.54 Å². The monoisotopic (exact) mass is 386 g/mol. The zero-order valence-electron chi connectivity index (χ0n) is 14.2. The molecule has 1 fully saturated rings. The summed E-state index contributed by atoms with van der Waals surface area (Å²) >= 11 is 5.61. The van der Waals surface area contributed by atoms with Crippen molar-refractivity contribution in [2.24, 2.45) is 7.05 Å². The molecule has 0 bridgehead atoms. The Morgan fingerprint density at radius 3 is 2.81 bits per heavy atom. The van der Waals surface area contributed by atoms with E-state index >= 15 is 0 Å². The number of quaternary nitrogens is 1. The van der Waals surface area contributed by atoms with Gasteiger partial charge in [0.1, 0.15) is 6.04 Å². The van der Waals surface area contributed by atoms with Gasteiger partial charge in [-0.2, -0.15) is 13.2 Å². The van der Waals surface area contributed by atoms with Gasteiger partial charge in [-0.05, 0) is 30.3 Å². The molecule has 1 amide bonds. The summed E-state index contributed by atoms with van der Waals surface area (Å²) in [6.45, 7) is 1.07. The number of halogens is 4. The van der Waals surface area contributed by atoms with E-state index in [1.54, 1.807) is 0 Å². The van der Waals surface area contributed by atoms with Crippen LogP contribution in [0.2, 0.25) is 5.02 Å². The molecule has 0 spiro atoms. The first kappa shape index (κ1) is 18.8. The van der Waals surface area contributed by atoms with E-state index < -0.39 is 11.7 Å². The molecule has 26 heavy (non-hydrogen) atoms. The Morgan fingerprint density at radius 2 is 2.15 bits per heavy atom. The smallest absolute Gasteiger partial charge is 0.350 e. The molecule has 4 nitrogen and oxygen atoms in total. The Morgan fingerprint density at radius 1 is 1.38 bits per heavy atom. The van der Waals surface area contributed by atoms with Crippen molar-refractivity contribution in [1.82, 2.24) is 4.57 Å². The zero-order valence-corrected chi connectivity index (χ0v) is 15.0. The van der Waals surface area contributed by atoms with Crippen LogP contribution in [0.3, 0.4) is 0 Å². The van der Waals surface area contributed by atoms with Crippen LogP contribution in [0.15, 0.2) is 36.5 Å². The number of alkyl halides is 3. The van der Waals surface area contributed by atoms with Crippen molar-refractivity contribution in [3.8, 4) is 0 Å². The van der Waals surface area contributed by atoms with Crippen LogP contribution in [0.25, 0.3) is 0 Å². The summed E-state index contributed by atoms with van der Waals surface area (Å²) in [6, 6.07) is 7.63. The molecule has 140 valence electrons. The summed E-state index contributed by atoms with van der Waals surface area (Å²) < 4.78 is 40.9. The molecule has 1 unspecified atom stereocenters. The van der Waals surface area contributed by atoms with Gasteiger partial charge in [-0.25, -0.2) is 0 Å². The number of aryl methyl sites for hydroxylation is 1. The molecular formula is C18H20ClF3N3O+. The molecule has 1 aromatic carbocycles. The lowest BCUT2D eigenvalue weighted by Gasteiger charge is -2.22. The lowest BCUT2D eigenvalue weighted by atomic mass is 10.1. The second kappa shape index (κ2) is 7.32. The van der Waals surface area contributed by atoms with Crippen molar-refractivity contribution in [2.75, 3.05) is 18.4 Å². The molecule has 2 N–H and O–H groups in total. The average molecular weight is 387 g/mol. The Balaban J connectivity index is 1.68. The predicted molar refractivity (Wildman–Crippen MR) is 93.2 cm³/mol. The Hall–Kier alpha value is -1.99. The van der Waals surface area contributed by atoms with Gasteiger partial charge in [-0.15, -0.1) is 0 Å². The minimum absolute atomic E-state index is 0.0979. The molecule has 2 heterocycles. The lowest BCUT2D eigenvalue weighted by molar-refractivity contribution is -0.910. The SMILES string of the molecule is Cn1cccc1[C@H]1CCC[NH+]1CC(=O)Nc1ccc(Cl)c(C(F)(F)F)c1. The van der Waals surface area contributed by atoms with E-state index in [1.165, 1.54) is 6.07 Å². The van der Waals surface area contributed by atoms with Crippen molar-refractivity contribution in [3.63, 3.8) is 0 Å². The fourth-order valence-electron chi connectivity index (χ4n) is 3.55. The Bertz CT molecular complexity index is 803. The number of aromatic nitrogens is 1. The van der Waals surface area contributed by atoms with Gasteiger partial charge in [0.05, 0.1) is 22.8 Å². The van der Waals surface area contributed by atoms with Crippen molar-refractivity contribution >= 4 is 23.2 Å². The third kappa shape index (κ3) is 4.04. The highest BCUT2D eigenvalue weighted by atomic mass is 35.5. The van der Waals surface area contributed by atoms with Gasteiger partial charge in [0.25, 0.3) is 5.91 Å². The number of benzene rings is 1. The molecule has 1 aliphatic rings. The van der Waals surface area contributed by atoms with Gasteiger partial charge in [0, 0.05) is 31.8 Å². The number of hydrogen-bond donors (Lipinski definition) is 2. The highest BCUT2D eigenvalue weighted by Crippen LogP contribution is 2.36. The van der Waals surface area contributed by atoms with Gasteiger partial charge in [-0.3, -0.25) is 4.79 Å². The average Bonchev–Trinajstić information content (AvgIpc) is 3.16. The Labute approximate surface area is 154 Å². The molecule has 0 radical (unpaired) electrons. The number of carbonyl (C=O) groups excluding carboxylic acids is 1. The maximum absolute atomic E-state index is 12.9. The number of nitrogens with zero attached hydrogens (tertiary/aromatic N) is 1. The summed E-state index contributed by atoms with van der Waals surface area (Å²) in [7, 11) is 1.97. The summed E-state index contributed by atoms with van der Waals surface area (Å²) in [5.74, 6) is -0.309. The van der Waals surface area contributed by atoms with E-state index in [9.17, 15) is 18.0 Å². The second-order valence-corrected chi connectivity index (χ2v) is 6.97. The minimum atomic E-state index is -4.56. The molecule has 2 aromatic rings. The molecule has 1 aromatic heterocycles. The van der Waals surface area contributed by atoms with E-state index in [-0.39, 0.29) is 29.2 Å². The molecule has 1 aliphatic heterocycles. The van der Waals surface area contributed by atoms with Crippen molar-refractivity contribution in [3.05, 3.63) is 52.8 Å². The highest BCUT2D eigenvalue weighted by molar-refractivity contribution is 6.31. The largest absolute Gasteiger partial charge is 0.417 e. The number of amides is 1. The number of likely N-dealkylation sites (tertiary alicyclic amines) is 1. The number of carbonyl (C=O) groups is 1. The summed E-state index contributed by atoms with van der Waals surface area (Å²) in [6.07, 6.45) is -0.593. The fourth-order valence-corrected chi connectivity index (χ4v) is 3.77. The third-order valence-electron chi connectivity index (χ3n) is 4.77. The lowest BCUT2D eigenvalue weighted by Crippen LogP contribution is -3.11. The van der Waals surface area contributed by atoms with Gasteiger partial charge in [0.2, 0.25) is 0 Å². The quantitative estimate of drug-likeness (QED) is 0.832. The standard InChI is InChI=1S/C18H19ClF3N3O/c1-24-8-2-4-15(24)16-5-3-9-25(16)11-17(26)23-12-6-7-14(19)13(10-12)18(20,21)22/h2,4,6-8,10,16H,3,5,9,11H2,1H3,(H,23,26)/p+1/t16-/m1/s1. The molecule has 1 saturated heterocycles. The van der Waals surface area contributed by atoms with Crippen LogP contribution in [0.1, 0.15) is 30.1 Å². The first-order valence-electron chi connectivity index (χ1n) is 8.38. The third-order valence-corrected chi connectivity index (χ3v) is 5.10. The zero-order chi connectivity index (χ0) is 18.9. The van der Waals surface area contributed by atoms with Crippen molar-refractivity contribution in [2.45, 2.75) is 25.1 Å². The van der Waals surface area contributed by atoms with Crippen LogP contribution < -0.4 is 10.2 Å². The topological polar surface area (TPSA) is 38.5 Å². The van der Waals surface area contributed by atoms with Crippen LogP contribution >= 0.6 is 11.6 Å². The first-order chi connectivity index (χ1) is 12.3. The number of hydrogen-bond acceptors (Lipinski definition) is 1. The summed E-state index contributed by atoms with van der Waals surface area (Å²) in [5.41, 5.74) is 0.309. The van der Waals surface area contributed by atoms with Crippen LogP contribution in [-0.4, -0.2) is 23.6 Å². The molecule has 2 atom stereocenters. The second-order valence-electron chi connectivity index (χ2n) is 6.56. The summed E-state index contributed by atoms with van der Waals surface area (Å²) in [4.78, 5) is 13.5. The molecule has 0 aliphatic carbocycles. The maximum atomic E-state index is 12.9. The maximum Gasteiger partial charge on any atom is 0.417 e. The van der Waals surface area contributed by atoms with Gasteiger partial charge in [-0.1, -0.05) is 11.6 Å². The van der Waals surface area contributed by atoms with Gasteiger partial charge < -0.3 is 14.8 Å². The van der Waals surface area contributed by atoms with Crippen molar-refractivity contribution < 1.29 is 22.9 Å². The summed E-state index contributed by atoms with van der Waals surface area (Å²) in [5, 5.41) is 2.18. The van der Waals surface area contributed by atoms with E-state index in [4.69, 9.17) is 11.6 Å². The molecule has 0 saturated carbocycles. The minimum Gasteiger partial charge on any atom is -0.350 e. The van der Waals surface area contributed by atoms with Crippen molar-refractivity contribution in [1.29, 1.82) is 0 Å². The number of nitrogens with one attached hydrogen (secondary N) is 2. The van der Waals surface area contributed by atoms with Crippen LogP contribution in [0.4, 0.5) is 18.9 Å². The number of anilines is 1. The predicted octanol–water partition coefficient (Wildman–Crippen LogP) is 3.06. The Kier molecular flexibility index (Phi) is 5.29. The fraction of sp³-hybridized carbons (Fsp3) is 0.389. The van der Waals surface area contributed by atoms with Crippen LogP contribution in [0.5, 0.6) is 0 Å². The molecule has 3 rings (SSSR count).